The van der Waals surface area contributed by atoms with Crippen molar-refractivity contribution >= 4 is 5.78 Å². The Balaban J connectivity index is 1.83. The molecule has 0 saturated carbocycles. The molecule has 1 aliphatic heterocycles. The molecule has 0 bridgehead atoms. The van der Waals surface area contributed by atoms with Crippen LogP contribution in [0.1, 0.15) is 24.8 Å². The summed E-state index contributed by atoms with van der Waals surface area (Å²) in [6, 6.07) is 6.43. The predicted molar refractivity (Wildman–Crippen MR) is 80.7 cm³/mol. The van der Waals surface area contributed by atoms with Gasteiger partial charge in [0.1, 0.15) is 17.7 Å². The number of hydrogen-bond acceptors (Lipinski definition) is 5. The minimum Gasteiger partial charge on any atom is -0.497 e. The molecule has 1 fully saturated rings. The summed E-state index contributed by atoms with van der Waals surface area (Å²) in [6.45, 7) is 0.716. The lowest BCUT2D eigenvalue weighted by molar-refractivity contribution is 0.105. The van der Waals surface area contributed by atoms with Crippen LogP contribution >= 0.6 is 0 Å². The van der Waals surface area contributed by atoms with Crippen molar-refractivity contribution in [3.63, 3.8) is 0 Å². The van der Waals surface area contributed by atoms with Crippen molar-refractivity contribution in [2.45, 2.75) is 18.9 Å². The Hall–Kier alpha value is -2.54. The molecule has 0 aliphatic carbocycles. The zero-order valence-electron chi connectivity index (χ0n) is 12.6. The molecule has 1 aromatic carbocycles. The third kappa shape index (κ3) is 2.43. The topological polar surface area (TPSA) is 61.5 Å². The third-order valence-corrected chi connectivity index (χ3v) is 3.93. The Kier molecular flexibility index (Phi) is 3.42. The Bertz CT molecular complexity index is 858. The minimum absolute atomic E-state index is 0.106. The first-order chi connectivity index (χ1) is 11.3. The molecule has 4 rings (SSSR count). The van der Waals surface area contributed by atoms with Gasteiger partial charge in [-0.25, -0.2) is 9.37 Å². The molecular formula is C16H15FN4O2. The van der Waals surface area contributed by atoms with Gasteiger partial charge in [-0.3, -0.25) is 0 Å². The molecule has 0 radical (unpaired) electrons. The third-order valence-electron chi connectivity index (χ3n) is 3.93. The fourth-order valence-electron chi connectivity index (χ4n) is 2.76. The minimum atomic E-state index is -0.383. The highest BCUT2D eigenvalue weighted by molar-refractivity contribution is 5.63. The molecule has 3 aromatic rings. The Morgan fingerprint density at radius 1 is 1.35 bits per heavy atom. The van der Waals surface area contributed by atoms with Gasteiger partial charge in [-0.15, -0.1) is 5.10 Å². The van der Waals surface area contributed by atoms with Crippen LogP contribution in [0.4, 0.5) is 4.39 Å². The van der Waals surface area contributed by atoms with Gasteiger partial charge in [0.2, 0.25) is 0 Å². The molecule has 23 heavy (non-hydrogen) atoms. The van der Waals surface area contributed by atoms with Gasteiger partial charge in [0.05, 0.1) is 12.8 Å². The van der Waals surface area contributed by atoms with E-state index in [0.29, 0.717) is 35.2 Å². The molecule has 118 valence electrons. The second kappa shape index (κ2) is 5.58. The van der Waals surface area contributed by atoms with Crippen molar-refractivity contribution < 1.29 is 13.9 Å². The highest BCUT2D eigenvalue weighted by Gasteiger charge is 2.23. The molecule has 2 aromatic heterocycles. The van der Waals surface area contributed by atoms with E-state index in [0.717, 1.165) is 12.8 Å². The average molecular weight is 314 g/mol. The zero-order chi connectivity index (χ0) is 15.8. The fraction of sp³-hybridized carbons (Fsp3) is 0.312. The van der Waals surface area contributed by atoms with E-state index in [1.54, 1.807) is 28.9 Å². The van der Waals surface area contributed by atoms with Crippen LogP contribution in [0.25, 0.3) is 17.0 Å². The van der Waals surface area contributed by atoms with Gasteiger partial charge in [-0.05, 0) is 31.0 Å². The van der Waals surface area contributed by atoms with E-state index in [-0.39, 0.29) is 11.9 Å². The van der Waals surface area contributed by atoms with Crippen LogP contribution in [-0.4, -0.2) is 33.3 Å². The van der Waals surface area contributed by atoms with Gasteiger partial charge in [0.25, 0.3) is 5.78 Å². The van der Waals surface area contributed by atoms with E-state index in [4.69, 9.17) is 9.47 Å². The second-order valence-corrected chi connectivity index (χ2v) is 5.36. The van der Waals surface area contributed by atoms with Crippen LogP contribution in [0.15, 0.2) is 30.5 Å². The van der Waals surface area contributed by atoms with Gasteiger partial charge in [-0.2, -0.15) is 9.50 Å². The molecular weight excluding hydrogens is 299 g/mol. The number of ether oxygens (including phenoxy) is 2. The molecule has 1 saturated heterocycles. The molecule has 7 heteroatoms. The first-order valence-electron chi connectivity index (χ1n) is 7.43. The van der Waals surface area contributed by atoms with Crippen molar-refractivity contribution in [2.24, 2.45) is 0 Å². The molecule has 1 unspecified atom stereocenters. The molecule has 0 spiro atoms. The number of nitrogens with zero attached hydrogens (tertiary/aromatic N) is 4. The van der Waals surface area contributed by atoms with Crippen LogP contribution < -0.4 is 4.74 Å². The zero-order valence-corrected chi connectivity index (χ0v) is 12.6. The highest BCUT2D eigenvalue weighted by Crippen LogP contribution is 2.29. The number of fused-ring (bicyclic) bond motifs is 1. The summed E-state index contributed by atoms with van der Waals surface area (Å²) < 4.78 is 26.6. The summed E-state index contributed by atoms with van der Waals surface area (Å²) in [5, 5.41) is 4.47. The highest BCUT2D eigenvalue weighted by atomic mass is 19.1. The van der Waals surface area contributed by atoms with E-state index in [1.165, 1.54) is 13.2 Å². The largest absolute Gasteiger partial charge is 0.497 e. The van der Waals surface area contributed by atoms with E-state index < -0.39 is 0 Å². The standard InChI is InChI=1S/C16H15FN4O2/c1-22-10-4-5-11(12(17)9-10)13-6-7-18-16-19-15(20-21(13)16)14-3-2-8-23-14/h4-7,9,14H,2-3,8H2,1H3. The van der Waals surface area contributed by atoms with E-state index >= 15 is 0 Å². The second-order valence-electron chi connectivity index (χ2n) is 5.36. The maximum absolute atomic E-state index is 14.4. The monoisotopic (exact) mass is 314 g/mol. The molecule has 0 amide bonds. The Morgan fingerprint density at radius 3 is 3.00 bits per heavy atom. The van der Waals surface area contributed by atoms with Gasteiger partial charge in [-0.1, -0.05) is 0 Å². The van der Waals surface area contributed by atoms with E-state index in [9.17, 15) is 4.39 Å². The summed E-state index contributed by atoms with van der Waals surface area (Å²) >= 11 is 0. The number of methoxy groups -OCH3 is 1. The fourth-order valence-corrected chi connectivity index (χ4v) is 2.76. The molecule has 1 aliphatic rings. The molecule has 6 nitrogen and oxygen atoms in total. The number of rotatable bonds is 3. The Morgan fingerprint density at radius 2 is 2.26 bits per heavy atom. The van der Waals surface area contributed by atoms with Crippen molar-refractivity contribution in [1.82, 2.24) is 19.6 Å². The number of hydrogen-bond donors (Lipinski definition) is 0. The summed E-state index contributed by atoms with van der Waals surface area (Å²) in [5.74, 6) is 1.11. The lowest BCUT2D eigenvalue weighted by atomic mass is 10.1. The smallest absolute Gasteiger partial charge is 0.253 e. The lowest BCUT2D eigenvalue weighted by Crippen LogP contribution is -2.00. The molecule has 3 heterocycles. The van der Waals surface area contributed by atoms with Gasteiger partial charge in [0.15, 0.2) is 5.82 Å². The van der Waals surface area contributed by atoms with Crippen LogP contribution in [0.5, 0.6) is 5.75 Å². The van der Waals surface area contributed by atoms with E-state index in [1.807, 2.05) is 0 Å². The van der Waals surface area contributed by atoms with Gasteiger partial charge < -0.3 is 9.47 Å². The van der Waals surface area contributed by atoms with Crippen molar-refractivity contribution in [3.05, 3.63) is 42.1 Å². The maximum Gasteiger partial charge on any atom is 0.253 e. The number of benzene rings is 1. The van der Waals surface area contributed by atoms with Crippen molar-refractivity contribution in [1.29, 1.82) is 0 Å². The van der Waals surface area contributed by atoms with Crippen LogP contribution in [0.3, 0.4) is 0 Å². The van der Waals surface area contributed by atoms with Crippen molar-refractivity contribution in [3.8, 4) is 17.0 Å². The molecule has 1 atom stereocenters. The average Bonchev–Trinajstić information content (AvgIpc) is 3.23. The summed E-state index contributed by atoms with van der Waals surface area (Å²) in [5.41, 5.74) is 1.01. The van der Waals surface area contributed by atoms with Crippen LogP contribution in [0.2, 0.25) is 0 Å². The number of aromatic nitrogens is 4. The van der Waals surface area contributed by atoms with Crippen LogP contribution in [-0.2, 0) is 4.74 Å². The maximum atomic E-state index is 14.4. The quantitative estimate of drug-likeness (QED) is 0.744. The van der Waals surface area contributed by atoms with Gasteiger partial charge in [0, 0.05) is 24.4 Å². The van der Waals surface area contributed by atoms with Gasteiger partial charge >= 0.3 is 0 Å². The Labute approximate surface area is 131 Å². The summed E-state index contributed by atoms with van der Waals surface area (Å²) in [7, 11) is 1.50. The van der Waals surface area contributed by atoms with Crippen molar-refractivity contribution in [2.75, 3.05) is 13.7 Å². The summed E-state index contributed by atoms with van der Waals surface area (Å²) in [6.07, 6.45) is 3.38. The first-order valence-corrected chi connectivity index (χ1v) is 7.43. The lowest BCUT2D eigenvalue weighted by Gasteiger charge is -2.07. The number of halogens is 1. The first kappa shape index (κ1) is 14.1. The predicted octanol–water partition coefficient (Wildman–Crippen LogP) is 2.79. The normalized spacial score (nSPS) is 17.7. The summed E-state index contributed by atoms with van der Waals surface area (Å²) in [4.78, 5) is 8.62. The molecule has 0 N–H and O–H groups in total. The van der Waals surface area contributed by atoms with E-state index in [2.05, 4.69) is 15.1 Å². The SMILES string of the molecule is COc1ccc(-c2ccnc3nc(C4CCCO4)nn23)c(F)c1. The van der Waals surface area contributed by atoms with Crippen LogP contribution in [0, 0.1) is 5.82 Å².